The van der Waals surface area contributed by atoms with Crippen LogP contribution in [0, 0.1) is 6.92 Å². The lowest BCUT2D eigenvalue weighted by atomic mass is 10.0. The average molecular weight is 391 g/mol. The largest absolute Gasteiger partial charge is 0.332 e. The van der Waals surface area contributed by atoms with Gasteiger partial charge in [0.1, 0.15) is 0 Å². The zero-order valence-corrected chi connectivity index (χ0v) is 16.5. The minimum absolute atomic E-state index is 0.00953. The van der Waals surface area contributed by atoms with Gasteiger partial charge in [-0.15, -0.1) is 11.3 Å². The van der Waals surface area contributed by atoms with Crippen molar-refractivity contribution in [3.63, 3.8) is 0 Å². The lowest BCUT2D eigenvalue weighted by molar-refractivity contribution is 0.0735. The summed E-state index contributed by atoms with van der Waals surface area (Å²) in [6, 6.07) is 19.4. The van der Waals surface area contributed by atoms with Crippen LogP contribution in [0.15, 0.2) is 66.0 Å². The van der Waals surface area contributed by atoms with E-state index in [0.29, 0.717) is 16.1 Å². The van der Waals surface area contributed by atoms with Crippen LogP contribution in [0.4, 0.5) is 5.69 Å². The number of rotatable bonds is 4. The zero-order chi connectivity index (χ0) is 19.5. The van der Waals surface area contributed by atoms with E-state index in [-0.39, 0.29) is 17.9 Å². The smallest absolute Gasteiger partial charge is 0.265 e. The average Bonchev–Trinajstić information content (AvgIpc) is 3.40. The molecule has 1 atom stereocenters. The van der Waals surface area contributed by atoms with Crippen LogP contribution in [0.5, 0.6) is 0 Å². The summed E-state index contributed by atoms with van der Waals surface area (Å²) in [7, 11) is 0. The molecule has 0 aliphatic carbocycles. The lowest BCUT2D eigenvalue weighted by Gasteiger charge is -2.25. The molecule has 2 aromatic carbocycles. The van der Waals surface area contributed by atoms with Gasteiger partial charge in [0.25, 0.3) is 11.8 Å². The van der Waals surface area contributed by atoms with Crippen LogP contribution in [0.3, 0.4) is 0 Å². The molecule has 1 unspecified atom stereocenters. The number of hydrogen-bond acceptors (Lipinski definition) is 3. The van der Waals surface area contributed by atoms with Gasteiger partial charge in [-0.3, -0.25) is 9.59 Å². The number of aryl methyl sites for hydroxylation is 1. The molecule has 1 fully saturated rings. The predicted octanol–water partition coefficient (Wildman–Crippen LogP) is 5.29. The molecule has 142 valence electrons. The molecule has 28 heavy (non-hydrogen) atoms. The van der Waals surface area contributed by atoms with Crippen LogP contribution in [0.25, 0.3) is 0 Å². The summed E-state index contributed by atoms with van der Waals surface area (Å²) in [6.45, 7) is 2.82. The Hall–Kier alpha value is -2.92. The van der Waals surface area contributed by atoms with Crippen molar-refractivity contribution in [1.29, 1.82) is 0 Å². The fourth-order valence-electron chi connectivity index (χ4n) is 3.64. The minimum atomic E-state index is -0.154. The molecule has 2 heterocycles. The third kappa shape index (κ3) is 3.85. The van der Waals surface area contributed by atoms with E-state index in [0.717, 1.165) is 19.4 Å². The Morgan fingerprint density at radius 3 is 2.64 bits per heavy atom. The van der Waals surface area contributed by atoms with Gasteiger partial charge in [0, 0.05) is 17.8 Å². The number of anilines is 1. The van der Waals surface area contributed by atoms with Crippen molar-refractivity contribution in [2.24, 2.45) is 0 Å². The molecule has 1 saturated heterocycles. The number of amides is 2. The molecule has 4 nitrogen and oxygen atoms in total. The van der Waals surface area contributed by atoms with Crippen molar-refractivity contribution in [3.05, 3.63) is 87.6 Å². The van der Waals surface area contributed by atoms with Gasteiger partial charge in [0.2, 0.25) is 0 Å². The van der Waals surface area contributed by atoms with Crippen LogP contribution in [-0.4, -0.2) is 23.3 Å². The summed E-state index contributed by atoms with van der Waals surface area (Å²) >= 11 is 1.39. The third-order valence-corrected chi connectivity index (χ3v) is 5.96. The first-order chi connectivity index (χ1) is 13.6. The molecule has 4 rings (SSSR count). The van der Waals surface area contributed by atoms with E-state index in [4.69, 9.17) is 0 Å². The number of nitrogens with zero attached hydrogens (tertiary/aromatic N) is 1. The molecule has 0 bridgehead atoms. The highest BCUT2D eigenvalue weighted by Crippen LogP contribution is 2.33. The molecule has 1 aliphatic rings. The zero-order valence-electron chi connectivity index (χ0n) is 15.7. The Bertz CT molecular complexity index is 980. The molecule has 0 saturated carbocycles. The van der Waals surface area contributed by atoms with Gasteiger partial charge in [-0.05, 0) is 55.0 Å². The first-order valence-corrected chi connectivity index (χ1v) is 10.3. The Morgan fingerprint density at radius 2 is 1.89 bits per heavy atom. The van der Waals surface area contributed by atoms with Crippen LogP contribution in [0.1, 0.15) is 50.0 Å². The summed E-state index contributed by atoms with van der Waals surface area (Å²) in [4.78, 5) is 28.1. The fraction of sp³-hybridized carbons (Fsp3) is 0.217. The fourth-order valence-corrected chi connectivity index (χ4v) is 4.26. The summed E-state index contributed by atoms with van der Waals surface area (Å²) in [6.07, 6.45) is 1.97. The number of carbonyl (C=O) groups is 2. The maximum Gasteiger partial charge on any atom is 0.265 e. The number of thiophene rings is 1. The van der Waals surface area contributed by atoms with Crippen molar-refractivity contribution in [3.8, 4) is 0 Å². The second kappa shape index (κ2) is 7.98. The summed E-state index contributed by atoms with van der Waals surface area (Å²) < 4.78 is 0. The van der Waals surface area contributed by atoms with Gasteiger partial charge >= 0.3 is 0 Å². The van der Waals surface area contributed by atoms with Gasteiger partial charge < -0.3 is 10.2 Å². The molecule has 2 amide bonds. The van der Waals surface area contributed by atoms with E-state index in [1.54, 1.807) is 12.1 Å². The highest BCUT2D eigenvalue weighted by atomic mass is 32.1. The molecule has 3 aromatic rings. The quantitative estimate of drug-likeness (QED) is 0.658. The monoisotopic (exact) mass is 390 g/mol. The summed E-state index contributed by atoms with van der Waals surface area (Å²) in [5.41, 5.74) is 3.63. The second-order valence-corrected chi connectivity index (χ2v) is 8.03. The van der Waals surface area contributed by atoms with Gasteiger partial charge in [-0.2, -0.15) is 0 Å². The van der Waals surface area contributed by atoms with E-state index in [1.165, 1.54) is 22.5 Å². The third-order valence-electron chi connectivity index (χ3n) is 5.09. The summed E-state index contributed by atoms with van der Waals surface area (Å²) in [5.74, 6) is -0.145. The van der Waals surface area contributed by atoms with Crippen molar-refractivity contribution < 1.29 is 9.59 Å². The Kier molecular flexibility index (Phi) is 5.26. The maximum atomic E-state index is 13.2. The van der Waals surface area contributed by atoms with E-state index < -0.39 is 0 Å². The molecular weight excluding hydrogens is 368 g/mol. The predicted molar refractivity (Wildman–Crippen MR) is 113 cm³/mol. The molecule has 5 heteroatoms. The van der Waals surface area contributed by atoms with E-state index in [1.807, 2.05) is 34.5 Å². The Labute approximate surface area is 168 Å². The molecule has 1 aromatic heterocycles. The van der Waals surface area contributed by atoms with Crippen LogP contribution < -0.4 is 5.32 Å². The number of nitrogens with one attached hydrogen (secondary N) is 1. The SMILES string of the molecule is Cc1ccc(C2CCCN2C(=O)c2cccc(NC(=O)c3cccs3)c2)cc1. The van der Waals surface area contributed by atoms with Crippen molar-refractivity contribution in [1.82, 2.24) is 4.90 Å². The Morgan fingerprint density at radius 1 is 1.07 bits per heavy atom. The maximum absolute atomic E-state index is 13.2. The molecule has 0 radical (unpaired) electrons. The normalized spacial score (nSPS) is 16.2. The second-order valence-electron chi connectivity index (χ2n) is 7.08. The van der Waals surface area contributed by atoms with Crippen molar-refractivity contribution >= 4 is 28.8 Å². The van der Waals surface area contributed by atoms with E-state index in [2.05, 4.69) is 36.5 Å². The molecular formula is C23H22N2O2S. The van der Waals surface area contributed by atoms with Crippen LogP contribution in [-0.2, 0) is 0 Å². The number of carbonyl (C=O) groups excluding carboxylic acids is 2. The van der Waals surface area contributed by atoms with Gasteiger partial charge in [-0.25, -0.2) is 0 Å². The van der Waals surface area contributed by atoms with Crippen molar-refractivity contribution in [2.45, 2.75) is 25.8 Å². The molecule has 1 aliphatic heterocycles. The summed E-state index contributed by atoms with van der Waals surface area (Å²) in [5, 5.41) is 4.75. The van der Waals surface area contributed by atoms with Gasteiger partial charge in [0.05, 0.1) is 10.9 Å². The minimum Gasteiger partial charge on any atom is -0.332 e. The van der Waals surface area contributed by atoms with Crippen LogP contribution in [0.2, 0.25) is 0 Å². The standard InChI is InChI=1S/C23H22N2O2S/c1-16-9-11-17(12-10-16)20-7-3-13-25(20)23(27)18-5-2-6-19(15-18)24-22(26)21-8-4-14-28-21/h2,4-6,8-12,14-15,20H,3,7,13H2,1H3,(H,24,26). The molecule has 1 N–H and O–H groups in total. The lowest BCUT2D eigenvalue weighted by Crippen LogP contribution is -2.30. The number of hydrogen-bond donors (Lipinski definition) is 1. The van der Waals surface area contributed by atoms with Crippen molar-refractivity contribution in [2.75, 3.05) is 11.9 Å². The molecule has 0 spiro atoms. The number of likely N-dealkylation sites (tertiary alicyclic amines) is 1. The highest BCUT2D eigenvalue weighted by molar-refractivity contribution is 7.12. The topological polar surface area (TPSA) is 49.4 Å². The first-order valence-electron chi connectivity index (χ1n) is 9.44. The Balaban J connectivity index is 1.52. The first kappa shape index (κ1) is 18.4. The van der Waals surface area contributed by atoms with Crippen LogP contribution >= 0.6 is 11.3 Å². The van der Waals surface area contributed by atoms with E-state index in [9.17, 15) is 9.59 Å². The van der Waals surface area contributed by atoms with E-state index >= 15 is 0 Å². The number of benzene rings is 2. The van der Waals surface area contributed by atoms with Gasteiger partial charge in [0.15, 0.2) is 0 Å². The highest BCUT2D eigenvalue weighted by Gasteiger charge is 2.30. The van der Waals surface area contributed by atoms with Gasteiger partial charge in [-0.1, -0.05) is 42.0 Å².